The van der Waals surface area contributed by atoms with Crippen molar-refractivity contribution in [2.45, 2.75) is 33.2 Å². The lowest BCUT2D eigenvalue weighted by molar-refractivity contribution is 0.101. The van der Waals surface area contributed by atoms with E-state index in [1.807, 2.05) is 24.4 Å². The average molecular weight is 369 g/mol. The van der Waals surface area contributed by atoms with Crippen LogP contribution in [-0.4, -0.2) is 28.9 Å². The highest BCUT2D eigenvalue weighted by atomic mass is 32.1. The molecule has 5 heteroatoms. The molecule has 136 valence electrons. The number of hydrogen-bond donors (Lipinski definition) is 1. The minimum atomic E-state index is -0.110. The lowest BCUT2D eigenvalue weighted by atomic mass is 9.99. The molecule has 4 nitrogen and oxygen atoms in total. The maximum atomic E-state index is 12.8. The van der Waals surface area contributed by atoms with Gasteiger partial charge in [0.15, 0.2) is 5.76 Å². The number of hydrogen-bond acceptors (Lipinski definition) is 5. The molecule has 26 heavy (non-hydrogen) atoms. The second kappa shape index (κ2) is 6.89. The van der Waals surface area contributed by atoms with Gasteiger partial charge >= 0.3 is 0 Å². The molecule has 0 unspecified atom stereocenters. The Balaban J connectivity index is 1.65. The van der Waals surface area contributed by atoms with Gasteiger partial charge in [0.05, 0.1) is 11.1 Å². The van der Waals surface area contributed by atoms with E-state index in [9.17, 15) is 9.90 Å². The van der Waals surface area contributed by atoms with Gasteiger partial charge in [-0.15, -0.1) is 11.3 Å². The summed E-state index contributed by atoms with van der Waals surface area (Å²) in [4.78, 5) is 16.1. The van der Waals surface area contributed by atoms with Crippen molar-refractivity contribution in [2.75, 3.05) is 13.1 Å². The molecular weight excluding hydrogens is 346 g/mol. The third-order valence-corrected chi connectivity index (χ3v) is 6.17. The molecule has 4 rings (SSSR count). The summed E-state index contributed by atoms with van der Waals surface area (Å²) in [5, 5.41) is 12.4. The largest absolute Gasteiger partial charge is 0.507 e. The van der Waals surface area contributed by atoms with Crippen LogP contribution in [0.15, 0.2) is 29.3 Å². The molecule has 3 heterocycles. The molecule has 0 radical (unpaired) electrons. The predicted molar refractivity (Wildman–Crippen MR) is 104 cm³/mol. The van der Waals surface area contributed by atoms with Crippen LogP contribution in [0.1, 0.15) is 46.1 Å². The Kier molecular flexibility index (Phi) is 4.59. The second-order valence-corrected chi connectivity index (χ2v) is 8.28. The summed E-state index contributed by atoms with van der Waals surface area (Å²) in [5.41, 5.74) is 2.39. The van der Waals surface area contributed by atoms with Crippen LogP contribution in [-0.2, 0) is 6.54 Å². The number of allylic oxidation sites excluding steroid dienone is 1. The summed E-state index contributed by atoms with van der Waals surface area (Å²) < 4.78 is 5.96. The number of aromatic hydroxyl groups is 1. The van der Waals surface area contributed by atoms with E-state index in [1.54, 1.807) is 23.5 Å². The summed E-state index contributed by atoms with van der Waals surface area (Å²) in [6, 6.07) is 5.30. The first-order valence-corrected chi connectivity index (χ1v) is 9.96. The van der Waals surface area contributed by atoms with Crippen LogP contribution in [0.2, 0.25) is 0 Å². The van der Waals surface area contributed by atoms with Crippen molar-refractivity contribution in [3.05, 3.63) is 50.9 Å². The SMILES string of the molecule is Cc1ccsc1C=C1Oc2c(ccc(O)c2CN2CCC[C@@H](C)C2)C1=O. The lowest BCUT2D eigenvalue weighted by Crippen LogP contribution is -2.33. The number of ketones is 1. The highest BCUT2D eigenvalue weighted by molar-refractivity contribution is 7.11. The van der Waals surface area contributed by atoms with Crippen LogP contribution in [0.3, 0.4) is 0 Å². The number of rotatable bonds is 3. The standard InChI is InChI=1S/C21H23NO3S/c1-13-4-3-8-22(11-13)12-16-17(23)6-5-15-20(24)18(25-21(15)16)10-19-14(2)7-9-26-19/h5-7,9-10,13,23H,3-4,8,11-12H2,1-2H3/t13-/m1/s1. The number of fused-ring (bicyclic) bond motifs is 1. The van der Waals surface area contributed by atoms with E-state index < -0.39 is 0 Å². The molecular formula is C21H23NO3S. The van der Waals surface area contributed by atoms with Crippen LogP contribution in [0.25, 0.3) is 6.08 Å². The Hall–Kier alpha value is -2.11. The van der Waals surface area contributed by atoms with E-state index in [0.717, 1.165) is 29.1 Å². The van der Waals surface area contributed by atoms with E-state index in [-0.39, 0.29) is 11.5 Å². The van der Waals surface area contributed by atoms with E-state index >= 15 is 0 Å². The van der Waals surface area contributed by atoms with Crippen LogP contribution in [0.5, 0.6) is 11.5 Å². The number of aryl methyl sites for hydroxylation is 1. The zero-order valence-electron chi connectivity index (χ0n) is 15.1. The highest BCUT2D eigenvalue weighted by Crippen LogP contribution is 2.40. The van der Waals surface area contributed by atoms with E-state index in [0.29, 0.717) is 29.5 Å². The van der Waals surface area contributed by atoms with Gasteiger partial charge in [-0.3, -0.25) is 9.69 Å². The molecule has 0 amide bonds. The summed E-state index contributed by atoms with van der Waals surface area (Å²) in [5.74, 6) is 1.60. The maximum absolute atomic E-state index is 12.8. The van der Waals surface area contributed by atoms with Gasteiger partial charge in [-0.1, -0.05) is 6.92 Å². The molecule has 0 bridgehead atoms. The predicted octanol–water partition coefficient (Wildman–Crippen LogP) is 4.61. The van der Waals surface area contributed by atoms with Crippen molar-refractivity contribution >= 4 is 23.2 Å². The first-order valence-electron chi connectivity index (χ1n) is 9.08. The summed E-state index contributed by atoms with van der Waals surface area (Å²) in [6.45, 7) is 6.90. The topological polar surface area (TPSA) is 49.8 Å². The van der Waals surface area contributed by atoms with Crippen molar-refractivity contribution in [3.63, 3.8) is 0 Å². The number of Topliss-reactive ketones (excluding diaryl/α,β-unsaturated/α-hetero) is 1. The molecule has 2 aliphatic rings. The Labute approximate surface area is 157 Å². The fourth-order valence-electron chi connectivity index (χ4n) is 3.75. The van der Waals surface area contributed by atoms with Crippen molar-refractivity contribution < 1.29 is 14.6 Å². The molecule has 2 aliphatic heterocycles. The number of ether oxygens (including phenoxy) is 1. The Morgan fingerprint density at radius 3 is 2.96 bits per heavy atom. The van der Waals surface area contributed by atoms with Gasteiger partial charge in [-0.05, 0) is 61.4 Å². The molecule has 1 aromatic heterocycles. The third-order valence-electron chi connectivity index (χ3n) is 5.20. The summed E-state index contributed by atoms with van der Waals surface area (Å²) in [6.07, 6.45) is 4.23. The van der Waals surface area contributed by atoms with Crippen LogP contribution >= 0.6 is 11.3 Å². The van der Waals surface area contributed by atoms with Crippen LogP contribution < -0.4 is 4.74 Å². The number of carbonyl (C=O) groups is 1. The van der Waals surface area contributed by atoms with Crippen molar-refractivity contribution in [1.82, 2.24) is 4.90 Å². The number of phenols is 1. The van der Waals surface area contributed by atoms with Crippen LogP contribution in [0.4, 0.5) is 0 Å². The van der Waals surface area contributed by atoms with Gasteiger partial charge in [0.1, 0.15) is 11.5 Å². The van der Waals surface area contributed by atoms with Gasteiger partial charge in [0.25, 0.3) is 0 Å². The fraction of sp³-hybridized carbons (Fsp3) is 0.381. The van der Waals surface area contributed by atoms with Gasteiger partial charge in [0, 0.05) is 24.0 Å². The zero-order valence-corrected chi connectivity index (χ0v) is 15.9. The van der Waals surface area contributed by atoms with Crippen molar-refractivity contribution in [2.24, 2.45) is 5.92 Å². The molecule has 0 spiro atoms. The quantitative estimate of drug-likeness (QED) is 0.803. The van der Waals surface area contributed by atoms with Gasteiger partial charge in [-0.2, -0.15) is 0 Å². The number of piperidine rings is 1. The van der Waals surface area contributed by atoms with Crippen molar-refractivity contribution in [3.8, 4) is 11.5 Å². The maximum Gasteiger partial charge on any atom is 0.232 e. The molecule has 1 aromatic carbocycles. The van der Waals surface area contributed by atoms with Gasteiger partial charge in [-0.25, -0.2) is 0 Å². The number of benzene rings is 1. The number of nitrogens with zero attached hydrogens (tertiary/aromatic N) is 1. The summed E-state index contributed by atoms with van der Waals surface area (Å²) >= 11 is 1.59. The molecule has 0 saturated carbocycles. The Morgan fingerprint density at radius 2 is 2.23 bits per heavy atom. The van der Waals surface area contributed by atoms with Crippen LogP contribution in [0, 0.1) is 12.8 Å². The molecule has 1 N–H and O–H groups in total. The normalized spacial score (nSPS) is 21.8. The zero-order chi connectivity index (χ0) is 18.3. The smallest absolute Gasteiger partial charge is 0.232 e. The lowest BCUT2D eigenvalue weighted by Gasteiger charge is -2.31. The van der Waals surface area contributed by atoms with E-state index in [1.165, 1.54) is 12.8 Å². The minimum Gasteiger partial charge on any atom is -0.507 e. The molecule has 1 atom stereocenters. The molecule has 0 aliphatic carbocycles. The average Bonchev–Trinajstić information content (AvgIpc) is 3.15. The highest BCUT2D eigenvalue weighted by Gasteiger charge is 2.32. The number of thiophene rings is 1. The first kappa shape index (κ1) is 17.3. The summed E-state index contributed by atoms with van der Waals surface area (Å²) in [7, 11) is 0. The number of phenolic OH excluding ortho intramolecular Hbond substituents is 1. The minimum absolute atomic E-state index is 0.110. The molecule has 2 aromatic rings. The first-order chi connectivity index (χ1) is 12.5. The molecule has 1 saturated heterocycles. The van der Waals surface area contributed by atoms with Gasteiger partial charge < -0.3 is 9.84 Å². The Morgan fingerprint density at radius 1 is 1.38 bits per heavy atom. The van der Waals surface area contributed by atoms with Gasteiger partial charge in [0.2, 0.25) is 5.78 Å². The van der Waals surface area contributed by atoms with Crippen molar-refractivity contribution in [1.29, 1.82) is 0 Å². The van der Waals surface area contributed by atoms with E-state index in [2.05, 4.69) is 11.8 Å². The monoisotopic (exact) mass is 369 g/mol. The molecule has 1 fully saturated rings. The fourth-order valence-corrected chi connectivity index (χ4v) is 4.60. The Bertz CT molecular complexity index is 883. The second-order valence-electron chi connectivity index (χ2n) is 7.33. The van der Waals surface area contributed by atoms with E-state index in [4.69, 9.17) is 4.74 Å². The third kappa shape index (κ3) is 3.17. The number of likely N-dealkylation sites (tertiary alicyclic amines) is 1. The number of carbonyl (C=O) groups excluding carboxylic acids is 1.